The molecule has 0 aromatic heterocycles. The number of piperidine rings is 1. The van der Waals surface area contributed by atoms with Gasteiger partial charge in [-0.25, -0.2) is 0 Å². The zero-order valence-corrected chi connectivity index (χ0v) is 11.4. The minimum atomic E-state index is 0.0186. The summed E-state index contributed by atoms with van der Waals surface area (Å²) >= 11 is 0. The Bertz CT molecular complexity index is 243. The van der Waals surface area contributed by atoms with Crippen molar-refractivity contribution in [3.05, 3.63) is 0 Å². The van der Waals surface area contributed by atoms with Crippen molar-refractivity contribution in [3.63, 3.8) is 0 Å². The zero-order chi connectivity index (χ0) is 12.4. The van der Waals surface area contributed by atoms with E-state index in [2.05, 4.69) is 39.9 Å². The molecule has 1 rings (SSSR count). The van der Waals surface area contributed by atoms with Gasteiger partial charge in [-0.2, -0.15) is 0 Å². The van der Waals surface area contributed by atoms with E-state index in [1.165, 1.54) is 0 Å². The molecule has 0 bridgehead atoms. The molecule has 3 nitrogen and oxygen atoms in total. The normalized spacial score (nSPS) is 20.9. The number of nitrogens with zero attached hydrogens (tertiary/aromatic N) is 1. The van der Waals surface area contributed by atoms with Gasteiger partial charge >= 0.3 is 0 Å². The maximum absolute atomic E-state index is 11.9. The van der Waals surface area contributed by atoms with E-state index in [0.29, 0.717) is 12.0 Å². The lowest BCUT2D eigenvalue weighted by Crippen LogP contribution is -2.48. The Labute approximate surface area is 99.6 Å². The Morgan fingerprint density at radius 3 is 2.19 bits per heavy atom. The van der Waals surface area contributed by atoms with Crippen LogP contribution in [0.5, 0.6) is 0 Å². The lowest BCUT2D eigenvalue weighted by Gasteiger charge is -2.37. The first kappa shape index (κ1) is 13.5. The first-order valence-electron chi connectivity index (χ1n) is 6.22. The van der Waals surface area contributed by atoms with Gasteiger partial charge in [0.05, 0.1) is 6.54 Å². The third kappa shape index (κ3) is 4.52. The summed E-state index contributed by atoms with van der Waals surface area (Å²) in [5, 5.41) is 3.25. The van der Waals surface area contributed by atoms with E-state index >= 15 is 0 Å². The number of likely N-dealkylation sites (tertiary alicyclic amines) is 1. The Morgan fingerprint density at radius 1 is 1.25 bits per heavy atom. The first-order valence-corrected chi connectivity index (χ1v) is 6.22. The van der Waals surface area contributed by atoms with Crippen LogP contribution in [0.15, 0.2) is 0 Å². The molecular formula is C13H26N2O. The highest BCUT2D eigenvalue weighted by atomic mass is 16.2. The van der Waals surface area contributed by atoms with E-state index in [1.54, 1.807) is 0 Å². The van der Waals surface area contributed by atoms with Gasteiger partial charge in [-0.3, -0.25) is 4.79 Å². The summed E-state index contributed by atoms with van der Waals surface area (Å²) in [6.07, 6.45) is 2.24. The SMILES string of the molecule is CC1(C)CCN(C(=O)CNC(C)(C)C)CC1. The topological polar surface area (TPSA) is 32.3 Å². The summed E-state index contributed by atoms with van der Waals surface area (Å²) < 4.78 is 0. The van der Waals surface area contributed by atoms with Gasteiger partial charge in [0.15, 0.2) is 0 Å². The van der Waals surface area contributed by atoms with Crippen LogP contribution in [-0.2, 0) is 4.79 Å². The number of amides is 1. The highest BCUT2D eigenvalue weighted by molar-refractivity contribution is 5.78. The molecule has 0 aliphatic carbocycles. The Hall–Kier alpha value is -0.570. The molecule has 0 unspecified atom stereocenters. The van der Waals surface area contributed by atoms with Crippen LogP contribution in [0.3, 0.4) is 0 Å². The van der Waals surface area contributed by atoms with Crippen molar-refractivity contribution in [3.8, 4) is 0 Å². The van der Waals surface area contributed by atoms with Gasteiger partial charge in [0.1, 0.15) is 0 Å². The number of hydrogen-bond donors (Lipinski definition) is 1. The summed E-state index contributed by atoms with van der Waals surface area (Å²) in [5.74, 6) is 0.241. The monoisotopic (exact) mass is 226 g/mol. The Balaban J connectivity index is 2.34. The first-order chi connectivity index (χ1) is 7.20. The van der Waals surface area contributed by atoms with Crippen LogP contribution in [0.2, 0.25) is 0 Å². The van der Waals surface area contributed by atoms with Crippen molar-refractivity contribution in [1.82, 2.24) is 10.2 Å². The van der Waals surface area contributed by atoms with E-state index in [0.717, 1.165) is 25.9 Å². The molecule has 1 amide bonds. The van der Waals surface area contributed by atoms with Gasteiger partial charge < -0.3 is 10.2 Å². The van der Waals surface area contributed by atoms with Crippen molar-refractivity contribution >= 4 is 5.91 Å². The van der Waals surface area contributed by atoms with Gasteiger partial charge in [0, 0.05) is 18.6 Å². The van der Waals surface area contributed by atoms with E-state index in [1.807, 2.05) is 4.90 Å². The third-order valence-electron chi connectivity index (χ3n) is 3.24. The van der Waals surface area contributed by atoms with Crippen molar-refractivity contribution in [2.75, 3.05) is 19.6 Å². The van der Waals surface area contributed by atoms with Gasteiger partial charge in [-0.05, 0) is 39.0 Å². The van der Waals surface area contributed by atoms with E-state index in [-0.39, 0.29) is 11.4 Å². The quantitative estimate of drug-likeness (QED) is 0.781. The molecule has 0 saturated carbocycles. The summed E-state index contributed by atoms with van der Waals surface area (Å²) in [5.41, 5.74) is 0.430. The number of nitrogens with one attached hydrogen (secondary N) is 1. The molecule has 16 heavy (non-hydrogen) atoms. The van der Waals surface area contributed by atoms with Crippen molar-refractivity contribution < 1.29 is 4.79 Å². The fraction of sp³-hybridized carbons (Fsp3) is 0.923. The number of carbonyl (C=O) groups excluding carboxylic acids is 1. The largest absolute Gasteiger partial charge is 0.342 e. The summed E-state index contributed by atoms with van der Waals surface area (Å²) in [6, 6.07) is 0. The van der Waals surface area contributed by atoms with Crippen molar-refractivity contribution in [1.29, 1.82) is 0 Å². The van der Waals surface area contributed by atoms with Gasteiger partial charge in [-0.1, -0.05) is 13.8 Å². The molecule has 1 heterocycles. The molecular weight excluding hydrogens is 200 g/mol. The highest BCUT2D eigenvalue weighted by Gasteiger charge is 2.27. The van der Waals surface area contributed by atoms with Crippen LogP contribution >= 0.6 is 0 Å². The smallest absolute Gasteiger partial charge is 0.236 e. The molecule has 1 aliphatic heterocycles. The Kier molecular flexibility index (Phi) is 4.00. The van der Waals surface area contributed by atoms with E-state index < -0.39 is 0 Å². The fourth-order valence-electron chi connectivity index (χ4n) is 1.81. The standard InChI is InChI=1S/C13H26N2O/c1-12(2,3)14-10-11(16)15-8-6-13(4,5)7-9-15/h14H,6-10H2,1-5H3. The average molecular weight is 226 g/mol. The molecule has 1 aliphatic rings. The summed E-state index contributed by atoms with van der Waals surface area (Å²) in [7, 11) is 0. The molecule has 0 atom stereocenters. The van der Waals surface area contributed by atoms with Gasteiger partial charge in [-0.15, -0.1) is 0 Å². The lowest BCUT2D eigenvalue weighted by molar-refractivity contribution is -0.132. The zero-order valence-electron chi connectivity index (χ0n) is 11.4. The maximum atomic E-state index is 11.9. The van der Waals surface area contributed by atoms with Crippen molar-refractivity contribution in [2.24, 2.45) is 5.41 Å². The minimum Gasteiger partial charge on any atom is -0.342 e. The number of carbonyl (C=O) groups is 1. The number of hydrogen-bond acceptors (Lipinski definition) is 2. The maximum Gasteiger partial charge on any atom is 0.236 e. The van der Waals surface area contributed by atoms with Crippen LogP contribution in [-0.4, -0.2) is 36.0 Å². The predicted molar refractivity (Wildman–Crippen MR) is 67.4 cm³/mol. The van der Waals surface area contributed by atoms with E-state index in [9.17, 15) is 4.79 Å². The second kappa shape index (κ2) is 4.74. The van der Waals surface area contributed by atoms with Crippen LogP contribution in [0.4, 0.5) is 0 Å². The summed E-state index contributed by atoms with van der Waals surface area (Å²) in [6.45, 7) is 13.1. The summed E-state index contributed by atoms with van der Waals surface area (Å²) in [4.78, 5) is 13.9. The lowest BCUT2D eigenvalue weighted by atomic mass is 9.83. The van der Waals surface area contributed by atoms with Crippen LogP contribution < -0.4 is 5.32 Å². The van der Waals surface area contributed by atoms with Crippen LogP contribution in [0, 0.1) is 5.41 Å². The molecule has 3 heteroatoms. The fourth-order valence-corrected chi connectivity index (χ4v) is 1.81. The van der Waals surface area contributed by atoms with Crippen LogP contribution in [0.1, 0.15) is 47.5 Å². The predicted octanol–water partition coefficient (Wildman–Crippen LogP) is 2.02. The van der Waals surface area contributed by atoms with Crippen molar-refractivity contribution in [2.45, 2.75) is 53.0 Å². The molecule has 0 aromatic rings. The van der Waals surface area contributed by atoms with Gasteiger partial charge in [0.25, 0.3) is 0 Å². The minimum absolute atomic E-state index is 0.0186. The molecule has 0 radical (unpaired) electrons. The molecule has 94 valence electrons. The number of rotatable bonds is 2. The van der Waals surface area contributed by atoms with E-state index in [4.69, 9.17) is 0 Å². The molecule has 1 saturated heterocycles. The molecule has 0 spiro atoms. The Morgan fingerprint density at radius 2 is 1.75 bits per heavy atom. The molecule has 1 N–H and O–H groups in total. The second-order valence-electron chi connectivity index (χ2n) is 6.65. The second-order valence-corrected chi connectivity index (χ2v) is 6.65. The van der Waals surface area contributed by atoms with Gasteiger partial charge in [0.2, 0.25) is 5.91 Å². The molecule has 0 aromatic carbocycles. The highest BCUT2D eigenvalue weighted by Crippen LogP contribution is 2.29. The third-order valence-corrected chi connectivity index (χ3v) is 3.24. The average Bonchev–Trinajstić information content (AvgIpc) is 2.13. The van der Waals surface area contributed by atoms with Crippen LogP contribution in [0.25, 0.3) is 0 Å². The molecule has 1 fully saturated rings.